The number of hydrogen-bond acceptors (Lipinski definition) is 4. The van der Waals surface area contributed by atoms with Crippen LogP contribution in [0.3, 0.4) is 0 Å². The van der Waals surface area contributed by atoms with E-state index in [1.807, 2.05) is 0 Å². The monoisotopic (exact) mass is 263 g/mol. The molecule has 1 aliphatic heterocycles. The van der Waals surface area contributed by atoms with Crippen molar-refractivity contribution in [1.82, 2.24) is 10.2 Å². The summed E-state index contributed by atoms with van der Waals surface area (Å²) in [4.78, 5) is 24.7. The molecule has 3 N–H and O–H groups in total. The lowest BCUT2D eigenvalue weighted by molar-refractivity contribution is -0.133. The number of nitrogens with one attached hydrogen (secondary N) is 1. The van der Waals surface area contributed by atoms with Gasteiger partial charge in [0.25, 0.3) is 5.91 Å². The van der Waals surface area contributed by atoms with Crippen LogP contribution in [-0.2, 0) is 9.59 Å². The Balaban J connectivity index is 1.83. The van der Waals surface area contributed by atoms with Crippen LogP contribution >= 0.6 is 0 Å². The van der Waals surface area contributed by atoms with Crippen LogP contribution in [0.1, 0.15) is 6.42 Å². The van der Waals surface area contributed by atoms with Crippen molar-refractivity contribution in [1.29, 1.82) is 0 Å². The summed E-state index contributed by atoms with van der Waals surface area (Å²) in [5.74, 6) is 0.467. The van der Waals surface area contributed by atoms with Crippen molar-refractivity contribution in [3.8, 4) is 5.75 Å². The van der Waals surface area contributed by atoms with E-state index in [2.05, 4.69) is 5.32 Å². The van der Waals surface area contributed by atoms with Crippen molar-refractivity contribution in [3.05, 3.63) is 24.3 Å². The molecule has 6 heteroatoms. The average Bonchev–Trinajstić information content (AvgIpc) is 2.63. The minimum absolute atomic E-state index is 0.0187. The smallest absolute Gasteiger partial charge is 0.260 e. The normalized spacial score (nSPS) is 15.6. The predicted octanol–water partition coefficient (Wildman–Crippen LogP) is -0.00390. The zero-order chi connectivity index (χ0) is 13.7. The number of carbonyl (C=O) groups is 2. The van der Waals surface area contributed by atoms with Crippen LogP contribution in [0.15, 0.2) is 24.3 Å². The third-order valence-corrected chi connectivity index (χ3v) is 2.91. The summed E-state index contributed by atoms with van der Waals surface area (Å²) in [5, 5.41) is 2.72. The summed E-state index contributed by atoms with van der Waals surface area (Å²) in [7, 11) is 0. The van der Waals surface area contributed by atoms with E-state index < -0.39 is 0 Å². The Hall–Kier alpha value is -2.24. The minimum Gasteiger partial charge on any atom is -0.484 e. The van der Waals surface area contributed by atoms with Gasteiger partial charge < -0.3 is 20.7 Å². The van der Waals surface area contributed by atoms with Gasteiger partial charge in [0.1, 0.15) is 5.75 Å². The molecular weight excluding hydrogens is 246 g/mol. The molecule has 1 heterocycles. The van der Waals surface area contributed by atoms with Gasteiger partial charge >= 0.3 is 0 Å². The van der Waals surface area contributed by atoms with Gasteiger partial charge in [-0.1, -0.05) is 0 Å². The molecule has 102 valence electrons. The number of carbonyl (C=O) groups excluding carboxylic acids is 2. The number of anilines is 1. The van der Waals surface area contributed by atoms with Crippen molar-refractivity contribution in [2.75, 3.05) is 32.0 Å². The molecular formula is C13H17N3O3. The second-order valence-electron chi connectivity index (χ2n) is 4.34. The first-order chi connectivity index (χ1) is 9.15. The molecule has 0 aliphatic carbocycles. The average molecular weight is 263 g/mol. The molecule has 0 saturated carbocycles. The SMILES string of the molecule is Nc1ccc(OCC(=O)N2CCNC(=O)CC2)cc1. The van der Waals surface area contributed by atoms with Gasteiger partial charge in [-0.2, -0.15) is 0 Å². The fraction of sp³-hybridized carbons (Fsp3) is 0.385. The summed E-state index contributed by atoms with van der Waals surface area (Å²) >= 11 is 0. The Bertz CT molecular complexity index is 459. The highest BCUT2D eigenvalue weighted by atomic mass is 16.5. The van der Waals surface area contributed by atoms with Gasteiger partial charge in [-0.15, -0.1) is 0 Å². The number of nitrogen functional groups attached to an aromatic ring is 1. The first-order valence-corrected chi connectivity index (χ1v) is 6.18. The second kappa shape index (κ2) is 6.08. The fourth-order valence-electron chi connectivity index (χ4n) is 1.82. The molecule has 0 spiro atoms. The quantitative estimate of drug-likeness (QED) is 0.752. The molecule has 6 nitrogen and oxygen atoms in total. The highest BCUT2D eigenvalue weighted by Gasteiger charge is 2.18. The number of hydrogen-bond donors (Lipinski definition) is 2. The van der Waals surface area contributed by atoms with Crippen LogP contribution in [0, 0.1) is 0 Å². The third kappa shape index (κ3) is 3.87. The Morgan fingerprint density at radius 3 is 2.79 bits per heavy atom. The Kier molecular flexibility index (Phi) is 4.22. The van der Waals surface area contributed by atoms with Crippen molar-refractivity contribution in [3.63, 3.8) is 0 Å². The van der Waals surface area contributed by atoms with Gasteiger partial charge in [0, 0.05) is 31.7 Å². The van der Waals surface area contributed by atoms with Crippen LogP contribution in [-0.4, -0.2) is 43.0 Å². The zero-order valence-electron chi connectivity index (χ0n) is 10.6. The molecule has 0 bridgehead atoms. The highest BCUT2D eigenvalue weighted by molar-refractivity contribution is 5.80. The molecule has 0 atom stereocenters. The summed E-state index contributed by atoms with van der Waals surface area (Å²) < 4.78 is 5.39. The summed E-state index contributed by atoms with van der Waals surface area (Å²) in [6.07, 6.45) is 0.341. The van der Waals surface area contributed by atoms with E-state index in [0.29, 0.717) is 37.5 Å². The topological polar surface area (TPSA) is 84.7 Å². The van der Waals surface area contributed by atoms with Gasteiger partial charge in [-0.05, 0) is 24.3 Å². The van der Waals surface area contributed by atoms with Gasteiger partial charge in [0.15, 0.2) is 6.61 Å². The van der Waals surface area contributed by atoms with Gasteiger partial charge in [-0.25, -0.2) is 0 Å². The number of benzene rings is 1. The lowest BCUT2D eigenvalue weighted by Crippen LogP contribution is -2.37. The number of ether oxygens (including phenoxy) is 1. The van der Waals surface area contributed by atoms with Crippen LogP contribution in [0.2, 0.25) is 0 Å². The number of nitrogens with two attached hydrogens (primary N) is 1. The zero-order valence-corrected chi connectivity index (χ0v) is 10.6. The molecule has 0 aromatic heterocycles. The van der Waals surface area contributed by atoms with Crippen molar-refractivity contribution in [2.45, 2.75) is 6.42 Å². The molecule has 2 rings (SSSR count). The third-order valence-electron chi connectivity index (χ3n) is 2.91. The molecule has 19 heavy (non-hydrogen) atoms. The Labute approximate surface area is 111 Å². The highest BCUT2D eigenvalue weighted by Crippen LogP contribution is 2.13. The summed E-state index contributed by atoms with van der Waals surface area (Å²) in [6.45, 7) is 1.43. The summed E-state index contributed by atoms with van der Waals surface area (Å²) in [6, 6.07) is 6.87. The maximum absolute atomic E-state index is 11.9. The lowest BCUT2D eigenvalue weighted by Gasteiger charge is -2.19. The number of nitrogens with zero attached hydrogens (tertiary/aromatic N) is 1. The van der Waals surface area contributed by atoms with E-state index in [9.17, 15) is 9.59 Å². The molecule has 1 fully saturated rings. The summed E-state index contributed by atoms with van der Waals surface area (Å²) in [5.41, 5.74) is 6.21. The largest absolute Gasteiger partial charge is 0.484 e. The van der Waals surface area contributed by atoms with E-state index in [4.69, 9.17) is 10.5 Å². The second-order valence-corrected chi connectivity index (χ2v) is 4.34. The van der Waals surface area contributed by atoms with Crippen LogP contribution in [0.5, 0.6) is 5.75 Å². The Morgan fingerprint density at radius 1 is 1.32 bits per heavy atom. The molecule has 0 unspecified atom stereocenters. The lowest BCUT2D eigenvalue weighted by atomic mass is 10.3. The number of amides is 2. The standard InChI is InChI=1S/C13H17N3O3/c14-10-1-3-11(4-2-10)19-9-13(18)16-7-5-12(17)15-6-8-16/h1-4H,5-9,14H2,(H,15,17). The Morgan fingerprint density at radius 2 is 2.05 bits per heavy atom. The predicted molar refractivity (Wildman–Crippen MR) is 70.6 cm³/mol. The molecule has 2 amide bonds. The molecule has 0 radical (unpaired) electrons. The first-order valence-electron chi connectivity index (χ1n) is 6.18. The fourth-order valence-corrected chi connectivity index (χ4v) is 1.82. The maximum Gasteiger partial charge on any atom is 0.260 e. The molecule has 1 aromatic carbocycles. The van der Waals surface area contributed by atoms with Crippen LogP contribution in [0.4, 0.5) is 5.69 Å². The molecule has 1 aromatic rings. The molecule has 1 aliphatic rings. The minimum atomic E-state index is -0.117. The van der Waals surface area contributed by atoms with E-state index in [0.717, 1.165) is 0 Å². The van der Waals surface area contributed by atoms with E-state index >= 15 is 0 Å². The molecule has 1 saturated heterocycles. The van der Waals surface area contributed by atoms with E-state index in [1.165, 1.54) is 0 Å². The van der Waals surface area contributed by atoms with Crippen LogP contribution < -0.4 is 15.8 Å². The van der Waals surface area contributed by atoms with Gasteiger partial charge in [0.2, 0.25) is 5.91 Å². The van der Waals surface area contributed by atoms with Crippen molar-refractivity contribution in [2.24, 2.45) is 0 Å². The van der Waals surface area contributed by atoms with Gasteiger partial charge in [-0.3, -0.25) is 9.59 Å². The maximum atomic E-state index is 11.9. The van der Waals surface area contributed by atoms with Crippen molar-refractivity contribution >= 4 is 17.5 Å². The van der Waals surface area contributed by atoms with Crippen LogP contribution in [0.25, 0.3) is 0 Å². The van der Waals surface area contributed by atoms with Gasteiger partial charge in [0.05, 0.1) is 0 Å². The van der Waals surface area contributed by atoms with E-state index in [-0.39, 0.29) is 18.4 Å². The number of rotatable bonds is 3. The van der Waals surface area contributed by atoms with Crippen molar-refractivity contribution < 1.29 is 14.3 Å². The van der Waals surface area contributed by atoms with E-state index in [1.54, 1.807) is 29.2 Å². The first kappa shape index (κ1) is 13.2.